The first-order valence-corrected chi connectivity index (χ1v) is 5.49. The Kier molecular flexibility index (Phi) is 3.53. The molecule has 1 aromatic heterocycles. The Morgan fingerprint density at radius 3 is 2.89 bits per heavy atom. The van der Waals surface area contributed by atoms with E-state index in [9.17, 15) is 9.18 Å². The van der Waals surface area contributed by atoms with Crippen LogP contribution in [0.1, 0.15) is 16.1 Å². The van der Waals surface area contributed by atoms with Gasteiger partial charge < -0.3 is 5.32 Å². The molecular formula is C12H9ClFN3O. The molecule has 2 rings (SSSR count). The van der Waals surface area contributed by atoms with Gasteiger partial charge in [0.1, 0.15) is 16.7 Å². The van der Waals surface area contributed by atoms with Crippen molar-refractivity contribution >= 4 is 23.2 Å². The fourth-order valence-electron chi connectivity index (χ4n) is 1.37. The molecule has 1 aromatic carbocycles. The number of nitrogens with one attached hydrogen (secondary N) is 1. The van der Waals surface area contributed by atoms with E-state index < -0.39 is 11.7 Å². The summed E-state index contributed by atoms with van der Waals surface area (Å²) in [5.74, 6) is -0.910. The van der Waals surface area contributed by atoms with Crippen LogP contribution in [-0.2, 0) is 0 Å². The first kappa shape index (κ1) is 12.4. The van der Waals surface area contributed by atoms with E-state index in [1.807, 2.05) is 0 Å². The van der Waals surface area contributed by atoms with E-state index in [1.165, 1.54) is 24.5 Å². The molecule has 1 amide bonds. The minimum atomic E-state index is -0.487. The van der Waals surface area contributed by atoms with Crippen molar-refractivity contribution in [3.63, 3.8) is 0 Å². The van der Waals surface area contributed by atoms with E-state index in [2.05, 4.69) is 15.3 Å². The van der Waals surface area contributed by atoms with Gasteiger partial charge in [-0.25, -0.2) is 9.37 Å². The molecule has 92 valence electrons. The minimum Gasteiger partial charge on any atom is -0.320 e. The van der Waals surface area contributed by atoms with Crippen LogP contribution in [0.4, 0.5) is 10.1 Å². The van der Waals surface area contributed by atoms with Gasteiger partial charge in [0.25, 0.3) is 5.91 Å². The molecule has 4 nitrogen and oxygen atoms in total. The molecule has 0 saturated carbocycles. The van der Waals surface area contributed by atoms with Crippen molar-refractivity contribution in [1.82, 2.24) is 9.97 Å². The molecule has 18 heavy (non-hydrogen) atoms. The van der Waals surface area contributed by atoms with Crippen molar-refractivity contribution < 1.29 is 9.18 Å². The number of rotatable bonds is 2. The Morgan fingerprint density at radius 2 is 2.17 bits per heavy atom. The Bertz CT molecular complexity index is 604. The van der Waals surface area contributed by atoms with Crippen LogP contribution in [0.5, 0.6) is 0 Å². The molecule has 0 bridgehead atoms. The maximum absolute atomic E-state index is 13.1. The number of hydrogen-bond donors (Lipinski definition) is 1. The number of carbonyl (C=O) groups excluding carboxylic acids is 1. The Labute approximate surface area is 108 Å². The number of aromatic nitrogens is 2. The molecule has 0 atom stereocenters. The van der Waals surface area contributed by atoms with E-state index in [1.54, 1.807) is 13.0 Å². The lowest BCUT2D eigenvalue weighted by Crippen LogP contribution is -2.15. The smallest absolute Gasteiger partial charge is 0.275 e. The Hall–Kier alpha value is -2.01. The van der Waals surface area contributed by atoms with Crippen LogP contribution >= 0.6 is 11.6 Å². The number of hydrogen-bond acceptors (Lipinski definition) is 3. The van der Waals surface area contributed by atoms with Crippen molar-refractivity contribution in [2.45, 2.75) is 6.92 Å². The lowest BCUT2D eigenvalue weighted by molar-refractivity contribution is 0.102. The van der Waals surface area contributed by atoms with Gasteiger partial charge in [0, 0.05) is 5.69 Å². The van der Waals surface area contributed by atoms with Crippen LogP contribution in [0.2, 0.25) is 5.15 Å². The highest BCUT2D eigenvalue weighted by Gasteiger charge is 2.10. The third-order valence-electron chi connectivity index (χ3n) is 2.29. The van der Waals surface area contributed by atoms with Gasteiger partial charge in [0.05, 0.1) is 12.4 Å². The van der Waals surface area contributed by atoms with Gasteiger partial charge in [0.15, 0.2) is 0 Å². The van der Waals surface area contributed by atoms with Crippen molar-refractivity contribution in [3.8, 4) is 0 Å². The predicted molar refractivity (Wildman–Crippen MR) is 66.1 cm³/mol. The number of amides is 1. The average Bonchev–Trinajstić information content (AvgIpc) is 2.34. The van der Waals surface area contributed by atoms with Crippen molar-refractivity contribution in [2.24, 2.45) is 0 Å². The second kappa shape index (κ2) is 5.10. The lowest BCUT2D eigenvalue weighted by Gasteiger charge is -2.07. The van der Waals surface area contributed by atoms with E-state index in [4.69, 9.17) is 11.6 Å². The van der Waals surface area contributed by atoms with Gasteiger partial charge in [-0.05, 0) is 24.6 Å². The minimum absolute atomic E-state index is 0.0751. The molecule has 1 heterocycles. The third kappa shape index (κ3) is 2.81. The maximum atomic E-state index is 13.1. The van der Waals surface area contributed by atoms with Crippen LogP contribution in [-0.4, -0.2) is 15.9 Å². The van der Waals surface area contributed by atoms with Crippen molar-refractivity contribution in [2.75, 3.05) is 5.32 Å². The molecule has 0 aliphatic heterocycles. The van der Waals surface area contributed by atoms with Crippen molar-refractivity contribution in [1.29, 1.82) is 0 Å². The van der Waals surface area contributed by atoms with Crippen LogP contribution in [0.15, 0.2) is 30.6 Å². The van der Waals surface area contributed by atoms with Gasteiger partial charge >= 0.3 is 0 Å². The third-order valence-corrected chi connectivity index (χ3v) is 2.47. The molecule has 1 N–H and O–H groups in total. The fourth-order valence-corrected chi connectivity index (χ4v) is 1.51. The molecule has 0 saturated heterocycles. The normalized spacial score (nSPS) is 10.2. The zero-order valence-corrected chi connectivity index (χ0v) is 10.2. The van der Waals surface area contributed by atoms with E-state index in [0.29, 0.717) is 5.69 Å². The molecule has 0 spiro atoms. The average molecular weight is 266 g/mol. The van der Waals surface area contributed by atoms with Gasteiger partial charge in [-0.1, -0.05) is 17.7 Å². The van der Waals surface area contributed by atoms with Gasteiger partial charge in [-0.2, -0.15) is 0 Å². The Balaban J connectivity index is 2.24. The summed E-state index contributed by atoms with van der Waals surface area (Å²) in [6.45, 7) is 1.76. The standard InChI is InChI=1S/C12H9ClFN3O/c1-7-2-3-8(14)4-9(7)17-12(18)10-5-15-6-11(13)16-10/h2-6H,1H3,(H,17,18). The molecule has 0 fully saturated rings. The number of aryl methyl sites for hydroxylation is 1. The molecule has 6 heteroatoms. The summed E-state index contributed by atoms with van der Waals surface area (Å²) in [6, 6.07) is 4.14. The van der Waals surface area contributed by atoms with Crippen LogP contribution in [0.25, 0.3) is 0 Å². The molecule has 2 aromatic rings. The molecule has 0 radical (unpaired) electrons. The van der Waals surface area contributed by atoms with Crippen LogP contribution in [0, 0.1) is 12.7 Å². The summed E-state index contributed by atoms with van der Waals surface area (Å²) in [5.41, 5.74) is 1.22. The highest BCUT2D eigenvalue weighted by atomic mass is 35.5. The van der Waals surface area contributed by atoms with E-state index in [-0.39, 0.29) is 10.8 Å². The topological polar surface area (TPSA) is 54.9 Å². The number of halogens is 2. The predicted octanol–water partition coefficient (Wildman–Crippen LogP) is 2.83. The number of nitrogens with zero attached hydrogens (tertiary/aromatic N) is 2. The fraction of sp³-hybridized carbons (Fsp3) is 0.0833. The second-order valence-corrected chi connectivity index (χ2v) is 4.03. The summed E-state index contributed by atoms with van der Waals surface area (Å²) < 4.78 is 13.1. The summed E-state index contributed by atoms with van der Waals surface area (Å²) in [5, 5.41) is 2.68. The number of anilines is 1. The summed E-state index contributed by atoms with van der Waals surface area (Å²) in [7, 11) is 0. The van der Waals surface area contributed by atoms with Crippen molar-refractivity contribution in [3.05, 3.63) is 52.8 Å². The van der Waals surface area contributed by atoms with E-state index in [0.717, 1.165) is 5.56 Å². The summed E-state index contributed by atoms with van der Waals surface area (Å²) in [6.07, 6.45) is 2.61. The van der Waals surface area contributed by atoms with Gasteiger partial charge in [0.2, 0.25) is 0 Å². The second-order valence-electron chi connectivity index (χ2n) is 3.64. The Morgan fingerprint density at radius 1 is 1.39 bits per heavy atom. The maximum Gasteiger partial charge on any atom is 0.275 e. The van der Waals surface area contributed by atoms with Crippen LogP contribution in [0.3, 0.4) is 0 Å². The zero-order chi connectivity index (χ0) is 13.1. The number of carbonyl (C=O) groups is 1. The first-order valence-electron chi connectivity index (χ1n) is 5.11. The SMILES string of the molecule is Cc1ccc(F)cc1NC(=O)c1cncc(Cl)n1. The largest absolute Gasteiger partial charge is 0.320 e. The van der Waals surface area contributed by atoms with Crippen LogP contribution < -0.4 is 5.32 Å². The molecule has 0 aliphatic rings. The molecular weight excluding hydrogens is 257 g/mol. The quantitative estimate of drug-likeness (QED) is 0.908. The summed E-state index contributed by atoms with van der Waals surface area (Å²) >= 11 is 5.63. The molecule has 0 unspecified atom stereocenters. The monoisotopic (exact) mass is 265 g/mol. The molecule has 0 aliphatic carbocycles. The highest BCUT2D eigenvalue weighted by Crippen LogP contribution is 2.16. The summed E-state index contributed by atoms with van der Waals surface area (Å²) in [4.78, 5) is 19.4. The zero-order valence-electron chi connectivity index (χ0n) is 9.45. The first-order chi connectivity index (χ1) is 8.56. The van der Waals surface area contributed by atoms with E-state index >= 15 is 0 Å². The lowest BCUT2D eigenvalue weighted by atomic mass is 10.2. The number of benzene rings is 1. The van der Waals surface area contributed by atoms with Gasteiger partial charge in [-0.15, -0.1) is 0 Å². The van der Waals surface area contributed by atoms with Gasteiger partial charge in [-0.3, -0.25) is 9.78 Å². The highest BCUT2D eigenvalue weighted by molar-refractivity contribution is 6.29.